The summed E-state index contributed by atoms with van der Waals surface area (Å²) in [7, 11) is 0. The zero-order valence-corrected chi connectivity index (χ0v) is 11.2. The Morgan fingerprint density at radius 3 is 2.88 bits per heavy atom. The number of nitrogens with one attached hydrogen (secondary N) is 1. The molecule has 0 aliphatic heterocycles. The highest BCUT2D eigenvalue weighted by Crippen LogP contribution is 2.13. The average molecular weight is 256 g/mol. The van der Waals surface area contributed by atoms with E-state index >= 15 is 0 Å². The van der Waals surface area contributed by atoms with Crippen LogP contribution < -0.4 is 5.32 Å². The maximum atomic E-state index is 11.6. The highest BCUT2D eigenvalue weighted by atomic mass is 32.1. The first kappa shape index (κ1) is 14.2. The van der Waals surface area contributed by atoms with Gasteiger partial charge >= 0.3 is 0 Å². The highest BCUT2D eigenvalue weighted by molar-refractivity contribution is 7.09. The molecule has 0 aromatic carbocycles. The molecule has 1 heterocycles. The van der Waals surface area contributed by atoms with Crippen LogP contribution in [-0.4, -0.2) is 41.7 Å². The smallest absolute Gasteiger partial charge is 0.234 e. The monoisotopic (exact) mass is 256 g/mol. The summed E-state index contributed by atoms with van der Waals surface area (Å²) in [6.45, 7) is 5.62. The fraction of sp³-hybridized carbons (Fsp3) is 0.583. The van der Waals surface area contributed by atoms with Crippen LogP contribution in [0.3, 0.4) is 0 Å². The normalized spacial score (nSPS) is 11.1. The zero-order chi connectivity index (χ0) is 12.7. The van der Waals surface area contributed by atoms with Gasteiger partial charge in [-0.15, -0.1) is 11.3 Å². The Bertz CT molecular complexity index is 325. The van der Waals surface area contributed by atoms with Crippen molar-refractivity contribution in [3.05, 3.63) is 22.4 Å². The van der Waals surface area contributed by atoms with E-state index in [0.717, 1.165) is 6.54 Å². The van der Waals surface area contributed by atoms with Crippen LogP contribution in [0.4, 0.5) is 0 Å². The number of hydrogen-bond acceptors (Lipinski definition) is 4. The third kappa shape index (κ3) is 5.30. The van der Waals surface area contributed by atoms with Crippen LogP contribution in [0, 0.1) is 0 Å². The molecule has 0 atom stereocenters. The molecule has 0 fully saturated rings. The Kier molecular flexibility index (Phi) is 6.18. The van der Waals surface area contributed by atoms with E-state index in [2.05, 4.69) is 30.1 Å². The predicted molar refractivity (Wildman–Crippen MR) is 70.0 cm³/mol. The van der Waals surface area contributed by atoms with E-state index in [0.29, 0.717) is 19.1 Å². The highest BCUT2D eigenvalue weighted by Gasteiger charge is 2.14. The van der Waals surface area contributed by atoms with Gasteiger partial charge in [0.2, 0.25) is 5.91 Å². The first-order valence-corrected chi connectivity index (χ1v) is 6.65. The molecule has 1 amide bonds. The van der Waals surface area contributed by atoms with E-state index in [1.807, 2.05) is 11.4 Å². The lowest BCUT2D eigenvalue weighted by molar-refractivity contribution is -0.123. The molecular weight excluding hydrogens is 236 g/mol. The minimum atomic E-state index is -0.0377. The minimum Gasteiger partial charge on any atom is -0.395 e. The van der Waals surface area contributed by atoms with E-state index in [4.69, 9.17) is 5.11 Å². The Morgan fingerprint density at radius 1 is 1.59 bits per heavy atom. The molecule has 17 heavy (non-hydrogen) atoms. The number of aliphatic hydroxyl groups is 1. The third-order valence-electron chi connectivity index (χ3n) is 2.45. The summed E-state index contributed by atoms with van der Waals surface area (Å²) in [5, 5.41) is 13.4. The number of rotatable bonds is 7. The van der Waals surface area contributed by atoms with Crippen LogP contribution in [0.15, 0.2) is 17.5 Å². The molecule has 96 valence electrons. The lowest BCUT2D eigenvalue weighted by Crippen LogP contribution is -2.41. The number of hydrogen-bond donors (Lipinski definition) is 2. The molecule has 0 saturated carbocycles. The predicted octanol–water partition coefficient (Wildman–Crippen LogP) is 1.07. The lowest BCUT2D eigenvalue weighted by atomic mass is 10.3. The van der Waals surface area contributed by atoms with Crippen molar-refractivity contribution in [2.45, 2.75) is 26.4 Å². The second-order valence-electron chi connectivity index (χ2n) is 4.15. The summed E-state index contributed by atoms with van der Waals surface area (Å²) < 4.78 is 0. The van der Waals surface area contributed by atoms with Crippen molar-refractivity contribution in [2.75, 3.05) is 19.7 Å². The molecule has 1 aromatic rings. The van der Waals surface area contributed by atoms with Gasteiger partial charge in [-0.1, -0.05) is 6.07 Å². The van der Waals surface area contributed by atoms with Crippen molar-refractivity contribution in [1.82, 2.24) is 10.2 Å². The number of aliphatic hydroxyl groups excluding tert-OH is 1. The quantitative estimate of drug-likeness (QED) is 0.767. The number of thiophene rings is 1. The summed E-state index contributed by atoms with van der Waals surface area (Å²) in [6, 6.07) is 4.41. The van der Waals surface area contributed by atoms with Gasteiger partial charge in [0.25, 0.3) is 0 Å². The third-order valence-corrected chi connectivity index (χ3v) is 3.31. The van der Waals surface area contributed by atoms with Gasteiger partial charge in [-0.3, -0.25) is 9.69 Å². The second kappa shape index (κ2) is 7.42. The number of nitrogens with zero attached hydrogens (tertiary/aromatic N) is 1. The first-order chi connectivity index (χ1) is 8.13. The van der Waals surface area contributed by atoms with Crippen LogP contribution in [0.2, 0.25) is 0 Å². The fourth-order valence-corrected chi connectivity index (χ4v) is 2.19. The lowest BCUT2D eigenvalue weighted by Gasteiger charge is -2.25. The van der Waals surface area contributed by atoms with E-state index in [1.54, 1.807) is 11.3 Å². The molecule has 0 spiro atoms. The van der Waals surface area contributed by atoms with Crippen molar-refractivity contribution < 1.29 is 9.90 Å². The van der Waals surface area contributed by atoms with Gasteiger partial charge in [0.1, 0.15) is 0 Å². The molecule has 2 N–H and O–H groups in total. The van der Waals surface area contributed by atoms with E-state index < -0.39 is 0 Å². The number of amides is 1. The Morgan fingerprint density at radius 2 is 2.35 bits per heavy atom. The van der Waals surface area contributed by atoms with E-state index in [9.17, 15) is 4.79 Å². The fourth-order valence-electron chi connectivity index (χ4n) is 1.46. The molecule has 0 aliphatic rings. The Hall–Kier alpha value is -0.910. The summed E-state index contributed by atoms with van der Waals surface area (Å²) in [5.41, 5.74) is 0. The molecule has 0 unspecified atom stereocenters. The summed E-state index contributed by atoms with van der Waals surface area (Å²) in [6.07, 6.45) is 0. The zero-order valence-electron chi connectivity index (χ0n) is 10.3. The largest absolute Gasteiger partial charge is 0.395 e. The van der Waals surface area contributed by atoms with Crippen molar-refractivity contribution >= 4 is 17.2 Å². The summed E-state index contributed by atoms with van der Waals surface area (Å²) in [4.78, 5) is 15.0. The molecule has 0 saturated heterocycles. The topological polar surface area (TPSA) is 52.6 Å². The summed E-state index contributed by atoms with van der Waals surface area (Å²) >= 11 is 1.70. The molecule has 4 nitrogen and oxygen atoms in total. The molecule has 1 aromatic heterocycles. The van der Waals surface area contributed by atoms with Crippen LogP contribution in [-0.2, 0) is 11.3 Å². The van der Waals surface area contributed by atoms with Crippen molar-refractivity contribution in [3.63, 3.8) is 0 Å². The molecular formula is C12H20N2O2S. The van der Waals surface area contributed by atoms with E-state index in [-0.39, 0.29) is 12.5 Å². The van der Waals surface area contributed by atoms with Crippen molar-refractivity contribution in [3.8, 4) is 0 Å². The van der Waals surface area contributed by atoms with Gasteiger partial charge in [-0.25, -0.2) is 0 Å². The SMILES string of the molecule is CC(C)N(CC(=O)NCCO)Cc1cccs1. The maximum absolute atomic E-state index is 11.6. The van der Waals surface area contributed by atoms with Gasteiger partial charge in [-0.2, -0.15) is 0 Å². The van der Waals surface area contributed by atoms with Gasteiger partial charge < -0.3 is 10.4 Å². The molecule has 1 rings (SSSR count). The second-order valence-corrected chi connectivity index (χ2v) is 5.18. The number of carbonyl (C=O) groups is 1. The average Bonchev–Trinajstić information content (AvgIpc) is 2.78. The van der Waals surface area contributed by atoms with Gasteiger partial charge in [0.15, 0.2) is 0 Å². The minimum absolute atomic E-state index is 0.0155. The van der Waals surface area contributed by atoms with Crippen LogP contribution >= 0.6 is 11.3 Å². The standard InChI is InChI=1S/C12H20N2O2S/c1-10(2)14(8-11-4-3-7-17-11)9-12(16)13-5-6-15/h3-4,7,10,15H,5-6,8-9H2,1-2H3,(H,13,16). The van der Waals surface area contributed by atoms with Gasteiger partial charge in [0, 0.05) is 24.0 Å². The van der Waals surface area contributed by atoms with E-state index in [1.165, 1.54) is 4.88 Å². The molecule has 0 bridgehead atoms. The van der Waals surface area contributed by atoms with Gasteiger partial charge in [-0.05, 0) is 25.3 Å². The number of carbonyl (C=O) groups excluding carboxylic acids is 1. The first-order valence-electron chi connectivity index (χ1n) is 5.77. The van der Waals surface area contributed by atoms with Crippen molar-refractivity contribution in [1.29, 1.82) is 0 Å². The Labute approximate surface area is 106 Å². The maximum Gasteiger partial charge on any atom is 0.234 e. The van der Waals surface area contributed by atoms with Crippen LogP contribution in [0.25, 0.3) is 0 Å². The molecule has 5 heteroatoms. The van der Waals surface area contributed by atoms with Crippen molar-refractivity contribution in [2.24, 2.45) is 0 Å². The van der Waals surface area contributed by atoms with Gasteiger partial charge in [0.05, 0.1) is 13.2 Å². The molecule has 0 radical (unpaired) electrons. The summed E-state index contributed by atoms with van der Waals surface area (Å²) in [5.74, 6) is -0.0377. The Balaban J connectivity index is 2.46. The molecule has 0 aliphatic carbocycles. The van der Waals surface area contributed by atoms with Crippen LogP contribution in [0.5, 0.6) is 0 Å². The van der Waals surface area contributed by atoms with Crippen LogP contribution in [0.1, 0.15) is 18.7 Å².